The Bertz CT molecular complexity index is 681. The summed E-state index contributed by atoms with van der Waals surface area (Å²) in [6.45, 7) is 5.53. The monoisotopic (exact) mass is 402 g/mol. The molecule has 2 rings (SSSR count). The van der Waals surface area contributed by atoms with Crippen LogP contribution in [0.15, 0.2) is 22.2 Å². The largest absolute Gasteiger partial charge is 0.501 e. The highest BCUT2D eigenvalue weighted by molar-refractivity contribution is 7.52. The molecule has 3 atom stereocenters. The van der Waals surface area contributed by atoms with Crippen molar-refractivity contribution in [1.29, 1.82) is 0 Å². The summed E-state index contributed by atoms with van der Waals surface area (Å²) in [6, 6.07) is 0. The number of esters is 1. The Hall–Kier alpha value is -1.10. The van der Waals surface area contributed by atoms with Crippen LogP contribution in [0.5, 0.6) is 0 Å². The van der Waals surface area contributed by atoms with E-state index in [1.54, 1.807) is 12.7 Å². The van der Waals surface area contributed by atoms with E-state index in [9.17, 15) is 14.7 Å². The van der Waals surface area contributed by atoms with E-state index >= 15 is 0 Å². The molecule has 1 aliphatic heterocycles. The molecular formula is C17H24O7P2. The van der Waals surface area contributed by atoms with E-state index in [2.05, 4.69) is 8.86 Å². The molecule has 3 unspecified atom stereocenters. The highest BCUT2D eigenvalue weighted by atomic mass is 31.2. The lowest BCUT2D eigenvalue weighted by Crippen LogP contribution is -2.37. The normalized spacial score (nSPS) is 27.0. The van der Waals surface area contributed by atoms with Crippen LogP contribution < -0.4 is 0 Å². The molecule has 0 aromatic heterocycles. The Morgan fingerprint density at radius 3 is 2.62 bits per heavy atom. The fourth-order valence-electron chi connectivity index (χ4n) is 3.27. The number of aliphatic hydroxyl groups excluding tert-OH is 2. The molecule has 0 aromatic rings. The quantitative estimate of drug-likeness (QED) is 0.499. The van der Waals surface area contributed by atoms with Crippen molar-refractivity contribution < 1.29 is 33.6 Å². The second kappa shape index (κ2) is 8.28. The van der Waals surface area contributed by atoms with Crippen molar-refractivity contribution in [2.24, 2.45) is 5.41 Å². The lowest BCUT2D eigenvalue weighted by Gasteiger charge is -2.37. The predicted molar refractivity (Wildman–Crippen MR) is 101 cm³/mol. The molecule has 144 valence electrons. The minimum absolute atomic E-state index is 0.113. The van der Waals surface area contributed by atoms with Gasteiger partial charge in [-0.25, -0.2) is 4.79 Å². The average Bonchev–Trinajstić information content (AvgIpc) is 2.84. The van der Waals surface area contributed by atoms with Crippen LogP contribution in [0.2, 0.25) is 0 Å². The van der Waals surface area contributed by atoms with Gasteiger partial charge in [0.15, 0.2) is 5.78 Å². The fraction of sp³-hybridized carbons (Fsp3) is 0.588. The molecule has 0 amide bonds. The second-order valence-electron chi connectivity index (χ2n) is 6.81. The third kappa shape index (κ3) is 3.92. The zero-order valence-corrected chi connectivity index (χ0v) is 17.1. The first-order valence-corrected chi connectivity index (χ1v) is 9.95. The van der Waals surface area contributed by atoms with Crippen molar-refractivity contribution in [3.63, 3.8) is 0 Å². The van der Waals surface area contributed by atoms with Gasteiger partial charge in [-0.1, -0.05) is 13.8 Å². The number of cyclic esters (lactones) is 1. The maximum Gasteiger partial charge on any atom is 0.374 e. The molecule has 0 saturated carbocycles. The van der Waals surface area contributed by atoms with E-state index in [1.165, 1.54) is 7.11 Å². The number of allylic oxidation sites excluding steroid dienone is 1. The molecule has 1 aliphatic carbocycles. The molecule has 1 heterocycles. The number of rotatable bonds is 7. The van der Waals surface area contributed by atoms with Gasteiger partial charge >= 0.3 is 5.97 Å². The number of aliphatic hydroxyl groups is 2. The lowest BCUT2D eigenvalue weighted by atomic mass is 9.72. The zero-order chi connectivity index (χ0) is 19.6. The van der Waals surface area contributed by atoms with Gasteiger partial charge in [0.1, 0.15) is 12.2 Å². The highest BCUT2D eigenvalue weighted by Gasteiger charge is 2.44. The summed E-state index contributed by atoms with van der Waals surface area (Å²) in [6.07, 6.45) is -1.05. The summed E-state index contributed by atoms with van der Waals surface area (Å²) in [5.74, 6) is 0.134. The Morgan fingerprint density at radius 2 is 2.08 bits per heavy atom. The smallest absolute Gasteiger partial charge is 0.374 e. The highest BCUT2D eigenvalue weighted by Crippen LogP contribution is 2.55. The van der Waals surface area contributed by atoms with Crippen molar-refractivity contribution in [3.05, 3.63) is 22.2 Å². The summed E-state index contributed by atoms with van der Waals surface area (Å²) in [7, 11) is 2.85. The van der Waals surface area contributed by atoms with Crippen LogP contribution in [-0.2, 0) is 23.4 Å². The van der Waals surface area contributed by atoms with Crippen LogP contribution in [0.25, 0.3) is 0 Å². The third-order valence-electron chi connectivity index (χ3n) is 4.60. The number of carbonyl (C=O) groups is 2. The summed E-state index contributed by atoms with van der Waals surface area (Å²) in [4.78, 5) is 24.4. The van der Waals surface area contributed by atoms with E-state index < -0.39 is 32.3 Å². The molecule has 0 bridgehead atoms. The zero-order valence-electron chi connectivity index (χ0n) is 15.2. The van der Waals surface area contributed by atoms with Gasteiger partial charge < -0.3 is 24.0 Å². The second-order valence-corrected chi connectivity index (χ2v) is 8.67. The number of hydrogen-bond donors (Lipinski definition) is 2. The van der Waals surface area contributed by atoms with Gasteiger partial charge in [0.05, 0.1) is 5.31 Å². The third-order valence-corrected chi connectivity index (χ3v) is 6.56. The molecule has 0 radical (unpaired) electrons. The van der Waals surface area contributed by atoms with Gasteiger partial charge in [-0.15, -0.1) is 8.86 Å². The number of ketones is 1. The number of Topliss-reactive ketones (excluding diaryl/α,β-unsaturated/α-hetero) is 1. The van der Waals surface area contributed by atoms with Crippen LogP contribution >= 0.6 is 17.2 Å². The fourth-order valence-corrected chi connectivity index (χ4v) is 5.35. The van der Waals surface area contributed by atoms with Gasteiger partial charge in [0.2, 0.25) is 14.1 Å². The first-order chi connectivity index (χ1) is 12.2. The Balaban J connectivity index is 2.31. The Labute approximate surface area is 156 Å². The van der Waals surface area contributed by atoms with Crippen LogP contribution in [0.4, 0.5) is 0 Å². The minimum atomic E-state index is -1.90. The molecule has 26 heavy (non-hydrogen) atoms. The topological polar surface area (TPSA) is 102 Å². The predicted octanol–water partition coefficient (Wildman–Crippen LogP) is 2.67. The van der Waals surface area contributed by atoms with E-state index in [0.29, 0.717) is 12.0 Å². The summed E-state index contributed by atoms with van der Waals surface area (Å²) < 4.78 is 16.3. The SMILES string of the molecule is COP(OC1CC(C)(C)C(C=P)=C(C)C1=O)C1=C(O)C(=O)OC1CCO. The standard InChI is InChI=1S/C17H24O7P2/c1-9-10(8-25)17(2,3)7-12(13(9)19)24-26(22-4)15-11(5-6-18)23-16(21)14(15)20/h8,11-12,18,20,25H,5-7H2,1-4H3. The van der Waals surface area contributed by atoms with Crippen LogP contribution in [0.3, 0.4) is 0 Å². The van der Waals surface area contributed by atoms with Crippen molar-refractivity contribution in [2.45, 2.75) is 45.8 Å². The summed E-state index contributed by atoms with van der Waals surface area (Å²) >= 11 is 0. The molecule has 0 fully saturated rings. The molecule has 0 spiro atoms. The van der Waals surface area contributed by atoms with Gasteiger partial charge in [0.25, 0.3) is 0 Å². The Kier molecular flexibility index (Phi) is 6.75. The van der Waals surface area contributed by atoms with Gasteiger partial charge in [-0.3, -0.25) is 4.79 Å². The Morgan fingerprint density at radius 1 is 1.42 bits per heavy atom. The number of ether oxygens (including phenoxy) is 1. The summed E-state index contributed by atoms with van der Waals surface area (Å²) in [5.41, 5.74) is 1.19. The number of hydrogen-bond acceptors (Lipinski definition) is 7. The molecule has 9 heteroatoms. The maximum atomic E-state index is 12.7. The molecule has 7 nitrogen and oxygen atoms in total. The first kappa shape index (κ1) is 21.2. The lowest BCUT2D eigenvalue weighted by molar-refractivity contribution is -0.142. The molecule has 0 aromatic carbocycles. The van der Waals surface area contributed by atoms with Gasteiger partial charge in [-0.05, 0) is 35.7 Å². The van der Waals surface area contributed by atoms with Crippen LogP contribution in [0.1, 0.15) is 33.6 Å². The number of carbonyl (C=O) groups excluding carboxylic acids is 2. The van der Waals surface area contributed by atoms with E-state index in [4.69, 9.17) is 18.9 Å². The van der Waals surface area contributed by atoms with E-state index in [1.807, 2.05) is 13.8 Å². The van der Waals surface area contributed by atoms with Crippen molar-refractivity contribution in [2.75, 3.05) is 13.7 Å². The van der Waals surface area contributed by atoms with Crippen LogP contribution in [-0.4, -0.2) is 53.7 Å². The summed E-state index contributed by atoms with van der Waals surface area (Å²) in [5, 5.41) is 19.4. The minimum Gasteiger partial charge on any atom is -0.501 e. The first-order valence-electron chi connectivity index (χ1n) is 8.20. The molecular weight excluding hydrogens is 378 g/mol. The van der Waals surface area contributed by atoms with Gasteiger partial charge in [-0.2, -0.15) is 0 Å². The average molecular weight is 402 g/mol. The van der Waals surface area contributed by atoms with Crippen molar-refractivity contribution >= 4 is 34.8 Å². The van der Waals surface area contributed by atoms with Crippen molar-refractivity contribution in [3.8, 4) is 0 Å². The molecule has 2 N–H and O–H groups in total. The van der Waals surface area contributed by atoms with E-state index in [-0.39, 0.29) is 29.5 Å². The molecule has 2 aliphatic rings. The van der Waals surface area contributed by atoms with Crippen molar-refractivity contribution in [1.82, 2.24) is 0 Å². The van der Waals surface area contributed by atoms with E-state index in [0.717, 1.165) is 5.57 Å². The maximum absolute atomic E-state index is 12.7. The van der Waals surface area contributed by atoms with Crippen LogP contribution in [0, 0.1) is 5.41 Å². The molecule has 0 saturated heterocycles. The van der Waals surface area contributed by atoms with Gasteiger partial charge in [0, 0.05) is 20.1 Å².